The van der Waals surface area contributed by atoms with E-state index in [-0.39, 0.29) is 11.8 Å². The van der Waals surface area contributed by atoms with Crippen LogP contribution in [0.5, 0.6) is 0 Å². The fourth-order valence-electron chi connectivity index (χ4n) is 2.92. The second-order valence-electron chi connectivity index (χ2n) is 7.54. The van der Waals surface area contributed by atoms with Crippen LogP contribution >= 0.6 is 0 Å². The normalized spacial score (nSPS) is 20.3. The Balaban J connectivity index is 2.36. The van der Waals surface area contributed by atoms with E-state index in [2.05, 4.69) is 33.0 Å². The molecule has 1 fully saturated rings. The Labute approximate surface area is 131 Å². The van der Waals surface area contributed by atoms with E-state index >= 15 is 0 Å². The van der Waals surface area contributed by atoms with Crippen molar-refractivity contribution in [2.24, 2.45) is 5.41 Å². The lowest BCUT2D eigenvalue weighted by atomic mass is 9.76. The van der Waals surface area contributed by atoms with Gasteiger partial charge in [-0.1, -0.05) is 27.7 Å². The van der Waals surface area contributed by atoms with E-state index in [9.17, 15) is 8.42 Å². The largest absolute Gasteiger partial charge is 0.315 e. The summed E-state index contributed by atoms with van der Waals surface area (Å²) >= 11 is 0. The molecule has 0 unspecified atom stereocenters. The zero-order chi connectivity index (χ0) is 16.1. The van der Waals surface area contributed by atoms with E-state index in [0.717, 1.165) is 45.1 Å². The summed E-state index contributed by atoms with van der Waals surface area (Å²) in [6.07, 6.45) is 5.90. The van der Waals surface area contributed by atoms with Crippen molar-refractivity contribution in [3.63, 3.8) is 0 Å². The summed E-state index contributed by atoms with van der Waals surface area (Å²) in [6, 6.07) is 0.673. The minimum Gasteiger partial charge on any atom is -0.315 e. The minimum atomic E-state index is -3.09. The van der Waals surface area contributed by atoms with Crippen LogP contribution in [0.25, 0.3) is 0 Å². The Morgan fingerprint density at radius 2 is 1.76 bits per heavy atom. The van der Waals surface area contributed by atoms with Crippen LogP contribution in [0.2, 0.25) is 0 Å². The van der Waals surface area contributed by atoms with E-state index in [1.165, 1.54) is 0 Å². The molecule has 1 N–H and O–H groups in total. The number of sulfonamides is 1. The van der Waals surface area contributed by atoms with Crippen LogP contribution in [-0.4, -0.2) is 44.2 Å². The zero-order valence-electron chi connectivity index (χ0n) is 14.5. The summed E-state index contributed by atoms with van der Waals surface area (Å²) in [4.78, 5) is 0. The molecule has 0 atom stereocenters. The van der Waals surface area contributed by atoms with Gasteiger partial charge in [0.25, 0.3) is 0 Å². The van der Waals surface area contributed by atoms with Crippen LogP contribution in [0.15, 0.2) is 0 Å². The monoisotopic (exact) mass is 318 g/mol. The third kappa shape index (κ3) is 6.66. The van der Waals surface area contributed by atoms with Crippen molar-refractivity contribution in [2.75, 3.05) is 19.3 Å². The second-order valence-corrected chi connectivity index (χ2v) is 9.69. The maximum absolute atomic E-state index is 12.4. The van der Waals surface area contributed by atoms with E-state index < -0.39 is 10.0 Å². The molecule has 4 nitrogen and oxygen atoms in total. The van der Waals surface area contributed by atoms with Gasteiger partial charge in [0.15, 0.2) is 0 Å². The SMILES string of the molecule is CC(C)NCCCCS(=O)(=O)N(C)C1CCC(C)(C)CC1. The van der Waals surface area contributed by atoms with Crippen molar-refractivity contribution >= 4 is 10.0 Å². The molecule has 126 valence electrons. The van der Waals surface area contributed by atoms with Gasteiger partial charge in [0.05, 0.1) is 5.75 Å². The quantitative estimate of drug-likeness (QED) is 0.700. The first-order valence-corrected chi connectivity index (χ1v) is 9.94. The van der Waals surface area contributed by atoms with Gasteiger partial charge in [-0.25, -0.2) is 12.7 Å². The molecular formula is C16H34N2O2S. The van der Waals surface area contributed by atoms with Crippen molar-refractivity contribution in [1.29, 1.82) is 0 Å². The highest BCUT2D eigenvalue weighted by molar-refractivity contribution is 7.89. The van der Waals surface area contributed by atoms with Gasteiger partial charge in [-0.2, -0.15) is 0 Å². The number of nitrogens with one attached hydrogen (secondary N) is 1. The van der Waals surface area contributed by atoms with Crippen molar-refractivity contribution in [3.05, 3.63) is 0 Å². The van der Waals surface area contributed by atoms with Crippen LogP contribution in [0.4, 0.5) is 0 Å². The summed E-state index contributed by atoms with van der Waals surface area (Å²) in [7, 11) is -1.32. The van der Waals surface area contributed by atoms with E-state index in [1.54, 1.807) is 11.4 Å². The molecule has 0 aromatic rings. The molecule has 1 rings (SSSR count). The van der Waals surface area contributed by atoms with Crippen molar-refractivity contribution < 1.29 is 8.42 Å². The molecule has 0 aromatic heterocycles. The molecule has 0 radical (unpaired) electrons. The molecule has 21 heavy (non-hydrogen) atoms. The fraction of sp³-hybridized carbons (Fsp3) is 1.00. The van der Waals surface area contributed by atoms with Crippen LogP contribution in [0, 0.1) is 5.41 Å². The predicted molar refractivity (Wildman–Crippen MR) is 90.0 cm³/mol. The number of unbranched alkanes of at least 4 members (excludes halogenated alkanes) is 1. The topological polar surface area (TPSA) is 49.4 Å². The average Bonchev–Trinajstić information content (AvgIpc) is 2.37. The average molecular weight is 319 g/mol. The maximum atomic E-state index is 12.4. The zero-order valence-corrected chi connectivity index (χ0v) is 15.3. The highest BCUT2D eigenvalue weighted by atomic mass is 32.2. The lowest BCUT2D eigenvalue weighted by Crippen LogP contribution is -2.41. The number of rotatable bonds is 8. The minimum absolute atomic E-state index is 0.205. The molecule has 0 saturated heterocycles. The van der Waals surface area contributed by atoms with Crippen LogP contribution in [0.3, 0.4) is 0 Å². The van der Waals surface area contributed by atoms with Crippen LogP contribution in [0.1, 0.15) is 66.2 Å². The van der Waals surface area contributed by atoms with Gasteiger partial charge < -0.3 is 5.32 Å². The van der Waals surface area contributed by atoms with Gasteiger partial charge in [0.1, 0.15) is 0 Å². The summed E-state index contributed by atoms with van der Waals surface area (Å²) in [5.41, 5.74) is 0.379. The Morgan fingerprint density at radius 1 is 1.19 bits per heavy atom. The Morgan fingerprint density at radius 3 is 2.29 bits per heavy atom. The van der Waals surface area contributed by atoms with Gasteiger partial charge in [-0.15, -0.1) is 0 Å². The first-order chi connectivity index (χ1) is 9.64. The molecule has 1 aliphatic carbocycles. The summed E-state index contributed by atoms with van der Waals surface area (Å²) in [5.74, 6) is 0.281. The fourth-order valence-corrected chi connectivity index (χ4v) is 4.44. The molecule has 0 bridgehead atoms. The Hall–Kier alpha value is -0.130. The molecular weight excluding hydrogens is 284 g/mol. The molecule has 1 aliphatic rings. The Kier molecular flexibility index (Phi) is 7.14. The van der Waals surface area contributed by atoms with Gasteiger partial charge in [-0.05, 0) is 50.5 Å². The molecule has 1 saturated carbocycles. The van der Waals surface area contributed by atoms with E-state index in [0.29, 0.717) is 11.5 Å². The van der Waals surface area contributed by atoms with Gasteiger partial charge in [-0.3, -0.25) is 0 Å². The standard InChI is InChI=1S/C16H34N2O2S/c1-14(2)17-12-6-7-13-21(19,20)18(5)15-8-10-16(3,4)11-9-15/h14-15,17H,6-13H2,1-5H3. The lowest BCUT2D eigenvalue weighted by molar-refractivity contribution is 0.174. The number of hydrogen-bond acceptors (Lipinski definition) is 3. The summed E-state index contributed by atoms with van der Waals surface area (Å²) in [5, 5.41) is 3.32. The van der Waals surface area contributed by atoms with Crippen molar-refractivity contribution in [1.82, 2.24) is 9.62 Å². The van der Waals surface area contributed by atoms with Crippen molar-refractivity contribution in [3.8, 4) is 0 Å². The third-order valence-electron chi connectivity index (χ3n) is 4.64. The van der Waals surface area contributed by atoms with Crippen LogP contribution in [-0.2, 0) is 10.0 Å². The summed E-state index contributed by atoms with van der Waals surface area (Å²) < 4.78 is 26.4. The van der Waals surface area contributed by atoms with E-state index in [1.807, 2.05) is 0 Å². The second kappa shape index (κ2) is 7.93. The lowest BCUT2D eigenvalue weighted by Gasteiger charge is -2.38. The molecule has 0 heterocycles. The molecule has 0 spiro atoms. The smallest absolute Gasteiger partial charge is 0.214 e. The molecule has 5 heteroatoms. The molecule has 0 aromatic carbocycles. The third-order valence-corrected chi connectivity index (χ3v) is 6.62. The van der Waals surface area contributed by atoms with Gasteiger partial charge in [0.2, 0.25) is 10.0 Å². The number of nitrogens with zero attached hydrogens (tertiary/aromatic N) is 1. The highest BCUT2D eigenvalue weighted by Gasteiger charge is 2.32. The summed E-state index contributed by atoms with van der Waals surface area (Å²) in [6.45, 7) is 9.66. The van der Waals surface area contributed by atoms with Gasteiger partial charge >= 0.3 is 0 Å². The predicted octanol–water partition coefficient (Wildman–Crippen LogP) is 3.00. The van der Waals surface area contributed by atoms with Gasteiger partial charge in [0, 0.05) is 19.1 Å². The molecule has 0 amide bonds. The number of hydrogen-bond donors (Lipinski definition) is 1. The maximum Gasteiger partial charge on any atom is 0.214 e. The van der Waals surface area contributed by atoms with E-state index in [4.69, 9.17) is 0 Å². The van der Waals surface area contributed by atoms with Crippen molar-refractivity contribution in [2.45, 2.75) is 78.3 Å². The van der Waals surface area contributed by atoms with Crippen LogP contribution < -0.4 is 5.32 Å². The molecule has 0 aliphatic heterocycles. The Bertz CT molecular complexity index is 395. The first-order valence-electron chi connectivity index (χ1n) is 8.33. The first kappa shape index (κ1) is 18.9. The highest BCUT2D eigenvalue weighted by Crippen LogP contribution is 2.37.